The Labute approximate surface area is 128 Å². The van der Waals surface area contributed by atoms with Crippen molar-refractivity contribution in [3.05, 3.63) is 41.6 Å². The Bertz CT molecular complexity index is 376. The van der Waals surface area contributed by atoms with E-state index in [0.29, 0.717) is 13.1 Å². The number of nitrogens with one attached hydrogen (secondary N) is 1. The quantitative estimate of drug-likeness (QED) is 0.571. The van der Waals surface area contributed by atoms with Gasteiger partial charge in [0.15, 0.2) is 0 Å². The van der Waals surface area contributed by atoms with Crippen LogP contribution in [0, 0.1) is 0 Å². The first-order chi connectivity index (χ1) is 10.0. The maximum Gasteiger partial charge on any atom is 0.139 e. The lowest BCUT2D eigenvalue weighted by atomic mass is 10.2. The number of anilines is 1. The summed E-state index contributed by atoms with van der Waals surface area (Å²) in [5, 5.41) is 2.93. The number of aldehydes is 1. The lowest BCUT2D eigenvalue weighted by molar-refractivity contribution is -0.107. The monoisotopic (exact) mass is 295 g/mol. The lowest BCUT2D eigenvalue weighted by Crippen LogP contribution is -2.13. The molecule has 21 heavy (non-hydrogen) atoms. The minimum atomic E-state index is 0.419. The van der Waals surface area contributed by atoms with Crippen molar-refractivity contribution in [1.29, 1.82) is 0 Å². The molecule has 0 amide bonds. The summed E-state index contributed by atoms with van der Waals surface area (Å²) in [6.45, 7) is 5.02. The topological polar surface area (TPSA) is 90.4 Å². The summed E-state index contributed by atoms with van der Waals surface area (Å²) in [4.78, 5) is 9.82. The zero-order valence-corrected chi connectivity index (χ0v) is 13.6. The fourth-order valence-corrected chi connectivity index (χ4v) is 1.23. The van der Waals surface area contributed by atoms with Crippen molar-refractivity contribution in [2.75, 3.05) is 26.5 Å². The van der Waals surface area contributed by atoms with Crippen LogP contribution in [0.25, 0.3) is 0 Å². The normalized spacial score (nSPS) is 9.67. The van der Waals surface area contributed by atoms with E-state index in [9.17, 15) is 4.79 Å². The van der Waals surface area contributed by atoms with Gasteiger partial charge in [-0.3, -0.25) is 0 Å². The van der Waals surface area contributed by atoms with Crippen LogP contribution in [0.1, 0.15) is 25.8 Å². The molecule has 0 bridgehead atoms. The van der Waals surface area contributed by atoms with E-state index in [4.69, 9.17) is 11.5 Å². The van der Waals surface area contributed by atoms with Gasteiger partial charge in [-0.2, -0.15) is 0 Å². The molecule has 5 nitrogen and oxygen atoms in total. The molecule has 0 atom stereocenters. The molecule has 0 saturated heterocycles. The second kappa shape index (κ2) is 16.2. The van der Waals surface area contributed by atoms with E-state index < -0.39 is 0 Å². The van der Waals surface area contributed by atoms with E-state index in [2.05, 4.69) is 17.0 Å². The number of ether oxygens (including phenoxy) is 1. The summed E-state index contributed by atoms with van der Waals surface area (Å²) < 4.78 is 4.25. The zero-order chi connectivity index (χ0) is 16.5. The van der Waals surface area contributed by atoms with E-state index in [1.165, 1.54) is 0 Å². The second-order valence-corrected chi connectivity index (χ2v) is 4.20. The van der Waals surface area contributed by atoms with Gasteiger partial charge in [-0.15, -0.1) is 0 Å². The second-order valence-electron chi connectivity index (χ2n) is 4.20. The molecule has 0 aliphatic rings. The van der Waals surface area contributed by atoms with Crippen LogP contribution in [0.4, 0.5) is 5.69 Å². The van der Waals surface area contributed by atoms with Crippen LogP contribution in [-0.4, -0.2) is 27.1 Å². The molecule has 0 heterocycles. The van der Waals surface area contributed by atoms with Crippen LogP contribution < -0.4 is 16.8 Å². The number of rotatable bonds is 5. The Morgan fingerprint density at radius 2 is 1.81 bits per heavy atom. The van der Waals surface area contributed by atoms with Crippen LogP contribution in [0.5, 0.6) is 0 Å². The summed E-state index contributed by atoms with van der Waals surface area (Å²) in [6.07, 6.45) is 3.91. The number of hydrogen-bond donors (Lipinski definition) is 3. The fraction of sp³-hybridized carbons (Fsp3) is 0.438. The predicted molar refractivity (Wildman–Crippen MR) is 89.8 cm³/mol. The van der Waals surface area contributed by atoms with Crippen molar-refractivity contribution in [3.63, 3.8) is 0 Å². The average Bonchev–Trinajstić information content (AvgIpc) is 2.48. The van der Waals surface area contributed by atoms with E-state index in [-0.39, 0.29) is 0 Å². The van der Waals surface area contributed by atoms with Crippen molar-refractivity contribution in [2.45, 2.75) is 26.8 Å². The van der Waals surface area contributed by atoms with Crippen molar-refractivity contribution in [3.8, 4) is 0 Å². The molecule has 5 heteroatoms. The summed E-state index contributed by atoms with van der Waals surface area (Å²) in [5.41, 5.74) is 13.8. The first kappa shape index (κ1) is 21.4. The van der Waals surface area contributed by atoms with Crippen molar-refractivity contribution in [1.82, 2.24) is 5.32 Å². The number of hydrogen-bond acceptors (Lipinski definition) is 5. The Hall–Kier alpha value is -1.85. The van der Waals surface area contributed by atoms with Crippen molar-refractivity contribution in [2.24, 2.45) is 5.73 Å². The number of nitrogens with two attached hydrogens (primary N) is 2. The highest BCUT2D eigenvalue weighted by atomic mass is 16.4. The molecular weight excluding hydrogens is 266 g/mol. The van der Waals surface area contributed by atoms with E-state index in [1.807, 2.05) is 37.3 Å². The molecule has 1 aromatic carbocycles. The van der Waals surface area contributed by atoms with Crippen LogP contribution >= 0.6 is 0 Å². The molecule has 0 aliphatic carbocycles. The highest BCUT2D eigenvalue weighted by Crippen LogP contribution is 2.03. The van der Waals surface area contributed by atoms with E-state index >= 15 is 0 Å². The van der Waals surface area contributed by atoms with Crippen molar-refractivity contribution >= 4 is 12.0 Å². The number of nitrogen functional groups attached to an aromatic ring is 1. The van der Waals surface area contributed by atoms with Gasteiger partial charge < -0.3 is 26.3 Å². The third kappa shape index (κ3) is 16.1. The van der Waals surface area contributed by atoms with Crippen LogP contribution in [0.3, 0.4) is 0 Å². The molecule has 0 radical (unpaired) electrons. The van der Waals surface area contributed by atoms with Gasteiger partial charge in [0.2, 0.25) is 0 Å². The van der Waals surface area contributed by atoms with Gasteiger partial charge in [0, 0.05) is 32.1 Å². The third-order valence-electron chi connectivity index (χ3n) is 2.19. The maximum atomic E-state index is 9.82. The Morgan fingerprint density at radius 1 is 1.29 bits per heavy atom. The van der Waals surface area contributed by atoms with Gasteiger partial charge in [-0.05, 0) is 31.0 Å². The molecule has 0 spiro atoms. The van der Waals surface area contributed by atoms with Gasteiger partial charge in [0.25, 0.3) is 0 Å². The molecule has 0 aromatic heterocycles. The zero-order valence-electron chi connectivity index (χ0n) is 13.6. The average molecular weight is 295 g/mol. The predicted octanol–water partition coefficient (Wildman–Crippen LogP) is 2.08. The van der Waals surface area contributed by atoms with Gasteiger partial charge in [-0.25, -0.2) is 0 Å². The van der Waals surface area contributed by atoms with Crippen LogP contribution in [0.2, 0.25) is 0 Å². The number of benzene rings is 1. The smallest absolute Gasteiger partial charge is 0.139 e. The Balaban J connectivity index is 0. The highest BCUT2D eigenvalue weighted by Gasteiger charge is 1.85. The van der Waals surface area contributed by atoms with E-state index in [0.717, 1.165) is 29.7 Å². The minimum absolute atomic E-state index is 0.419. The summed E-state index contributed by atoms with van der Waals surface area (Å²) in [6, 6.07) is 7.55. The molecular formula is C16H29N3O2. The van der Waals surface area contributed by atoms with E-state index in [1.54, 1.807) is 14.2 Å². The minimum Gasteiger partial charge on any atom is -0.399 e. The first-order valence-corrected chi connectivity index (χ1v) is 6.84. The Morgan fingerprint density at radius 3 is 2.19 bits per heavy atom. The molecule has 120 valence electrons. The number of methoxy groups -OCH3 is 1. The summed E-state index contributed by atoms with van der Waals surface area (Å²) >= 11 is 0. The first-order valence-electron chi connectivity index (χ1n) is 6.84. The summed E-state index contributed by atoms with van der Waals surface area (Å²) in [5.74, 6) is 0. The molecule has 1 aromatic rings. The molecule has 0 saturated carbocycles. The molecule has 0 fully saturated rings. The van der Waals surface area contributed by atoms with Crippen LogP contribution in [-0.2, 0) is 16.1 Å². The standard InChI is InChI=1S/C7H10N2.C7H13NO.C2H6O/c8-5-6-1-3-7(9)4-2-6;1-3-4-7(2)8-5-6-9;1-3-2/h1-4H,5,8-9H2;4,6,8H,3,5H2,1-2H3;1-2H3/b;7-4+;. The van der Waals surface area contributed by atoms with Gasteiger partial charge in [0.1, 0.15) is 6.29 Å². The summed E-state index contributed by atoms with van der Waals surface area (Å²) in [7, 11) is 3.25. The highest BCUT2D eigenvalue weighted by molar-refractivity contribution is 5.52. The largest absolute Gasteiger partial charge is 0.399 e. The van der Waals surface area contributed by atoms with Gasteiger partial charge in [-0.1, -0.05) is 25.1 Å². The number of carbonyl (C=O) groups is 1. The third-order valence-corrected chi connectivity index (χ3v) is 2.19. The Kier molecular flexibility index (Phi) is 16.6. The number of allylic oxidation sites excluding steroid dienone is 2. The SMILES string of the molecule is CC/C=C(\C)NCC=O.COC.NCc1ccc(N)cc1. The molecule has 0 aliphatic heterocycles. The number of carbonyl (C=O) groups excluding carboxylic acids is 1. The fourth-order valence-electron chi connectivity index (χ4n) is 1.23. The van der Waals surface area contributed by atoms with Crippen molar-refractivity contribution < 1.29 is 9.53 Å². The molecule has 0 unspecified atom stereocenters. The molecule has 5 N–H and O–H groups in total. The van der Waals surface area contributed by atoms with Gasteiger partial charge >= 0.3 is 0 Å². The lowest BCUT2D eigenvalue weighted by Gasteiger charge is -1.98. The van der Waals surface area contributed by atoms with Crippen LogP contribution in [0.15, 0.2) is 36.0 Å². The maximum absolute atomic E-state index is 9.82. The van der Waals surface area contributed by atoms with Gasteiger partial charge in [0.05, 0.1) is 6.54 Å². The molecule has 1 rings (SSSR count).